The summed E-state index contributed by atoms with van der Waals surface area (Å²) in [6.45, 7) is 4.11. The van der Waals surface area contributed by atoms with Gasteiger partial charge in [0, 0.05) is 43.1 Å². The second kappa shape index (κ2) is 9.86. The number of carbonyl (C=O) groups is 2. The first-order chi connectivity index (χ1) is 14.5. The van der Waals surface area contributed by atoms with Crippen LogP contribution in [0.1, 0.15) is 21.6 Å². The molecule has 1 aromatic heterocycles. The minimum atomic E-state index is -0.564. The summed E-state index contributed by atoms with van der Waals surface area (Å²) in [7, 11) is 0. The van der Waals surface area contributed by atoms with E-state index in [1.165, 1.54) is 36.4 Å². The highest BCUT2D eigenvalue weighted by Crippen LogP contribution is 2.33. The summed E-state index contributed by atoms with van der Waals surface area (Å²) in [6.07, 6.45) is 1.46. The Labute approximate surface area is 183 Å². The van der Waals surface area contributed by atoms with E-state index < -0.39 is 17.3 Å². The number of benzene rings is 1. The summed E-state index contributed by atoms with van der Waals surface area (Å²) in [6, 6.07) is 6.95. The molecule has 8 nitrogen and oxygen atoms in total. The normalized spacial score (nSPS) is 17.1. The molecule has 2 aliphatic heterocycles. The van der Waals surface area contributed by atoms with Crippen LogP contribution in [0, 0.1) is 5.82 Å². The lowest BCUT2D eigenvalue weighted by Crippen LogP contribution is -2.42. The fourth-order valence-corrected chi connectivity index (χ4v) is 3.46. The van der Waals surface area contributed by atoms with Crippen LogP contribution >= 0.6 is 12.4 Å². The van der Waals surface area contributed by atoms with Crippen LogP contribution in [0.25, 0.3) is 11.6 Å². The number of amides is 2. The summed E-state index contributed by atoms with van der Waals surface area (Å²) in [4.78, 5) is 41.6. The van der Waals surface area contributed by atoms with Crippen molar-refractivity contribution >= 4 is 41.6 Å². The van der Waals surface area contributed by atoms with E-state index in [2.05, 4.69) is 20.5 Å². The number of morpholine rings is 1. The van der Waals surface area contributed by atoms with Gasteiger partial charge < -0.3 is 20.4 Å². The van der Waals surface area contributed by atoms with Gasteiger partial charge >= 0.3 is 0 Å². The molecule has 31 heavy (non-hydrogen) atoms. The molecule has 1 aromatic carbocycles. The average Bonchev–Trinajstić information content (AvgIpc) is 3.03. The number of ether oxygens (including phenoxy) is 1. The SMILES string of the molecule is Cl.O=C1Nc2ccc(F)cc2/C1=C/c1ccc(C(=O)NCCN2CCOCC2)c(=O)[nH]1. The van der Waals surface area contributed by atoms with Crippen LogP contribution in [0.15, 0.2) is 35.1 Å². The van der Waals surface area contributed by atoms with E-state index in [4.69, 9.17) is 4.74 Å². The van der Waals surface area contributed by atoms with Crippen LogP contribution in [0.5, 0.6) is 0 Å². The van der Waals surface area contributed by atoms with Gasteiger partial charge in [-0.15, -0.1) is 12.4 Å². The standard InChI is InChI=1S/C21H21FN4O4.ClH/c22-13-1-4-18-16(11-13)17(21(29)25-18)12-14-2-3-15(20(28)24-14)19(27)23-5-6-26-7-9-30-10-8-26;/h1-4,11-12H,5-10H2,(H,23,27)(H,24,28)(H,25,29);1H/b17-12-;. The van der Waals surface area contributed by atoms with Crippen LogP contribution in [0.3, 0.4) is 0 Å². The number of nitrogens with zero attached hydrogens (tertiary/aromatic N) is 1. The Morgan fingerprint density at radius 3 is 2.71 bits per heavy atom. The number of hydrogen-bond donors (Lipinski definition) is 3. The minimum Gasteiger partial charge on any atom is -0.379 e. The molecule has 2 aliphatic rings. The van der Waals surface area contributed by atoms with Gasteiger partial charge in [-0.1, -0.05) is 0 Å². The molecule has 4 rings (SSSR count). The highest BCUT2D eigenvalue weighted by Gasteiger charge is 2.24. The summed E-state index contributed by atoms with van der Waals surface area (Å²) in [5.74, 6) is -1.31. The molecule has 0 aliphatic carbocycles. The Bertz CT molecular complexity index is 1080. The fraction of sp³-hybridized carbons (Fsp3) is 0.286. The lowest BCUT2D eigenvalue weighted by Gasteiger charge is -2.26. The first-order valence-electron chi connectivity index (χ1n) is 9.66. The third-order valence-corrected chi connectivity index (χ3v) is 5.06. The van der Waals surface area contributed by atoms with Crippen molar-refractivity contribution in [2.45, 2.75) is 0 Å². The molecule has 0 saturated carbocycles. The molecule has 0 radical (unpaired) electrons. The summed E-state index contributed by atoms with van der Waals surface area (Å²) < 4.78 is 18.8. The second-order valence-electron chi connectivity index (χ2n) is 7.07. The smallest absolute Gasteiger partial charge is 0.261 e. The molecule has 3 heterocycles. The van der Waals surface area contributed by atoms with Crippen molar-refractivity contribution in [1.29, 1.82) is 0 Å². The lowest BCUT2D eigenvalue weighted by atomic mass is 10.1. The molecule has 1 saturated heterocycles. The number of nitrogens with one attached hydrogen (secondary N) is 3. The van der Waals surface area contributed by atoms with E-state index in [1.54, 1.807) is 0 Å². The number of pyridine rings is 1. The number of carbonyl (C=O) groups excluding carboxylic acids is 2. The highest BCUT2D eigenvalue weighted by molar-refractivity contribution is 6.34. The molecular weight excluding hydrogens is 427 g/mol. The van der Waals surface area contributed by atoms with Gasteiger partial charge in [-0.05, 0) is 36.4 Å². The number of anilines is 1. The number of halogens is 2. The van der Waals surface area contributed by atoms with Crippen molar-refractivity contribution in [2.24, 2.45) is 0 Å². The minimum absolute atomic E-state index is 0. The molecule has 0 atom stereocenters. The zero-order valence-electron chi connectivity index (χ0n) is 16.6. The van der Waals surface area contributed by atoms with Crippen LogP contribution in [0.2, 0.25) is 0 Å². The van der Waals surface area contributed by atoms with E-state index in [0.717, 1.165) is 13.1 Å². The maximum atomic E-state index is 13.5. The highest BCUT2D eigenvalue weighted by atomic mass is 35.5. The zero-order valence-corrected chi connectivity index (χ0v) is 17.4. The molecule has 3 N–H and O–H groups in total. The third kappa shape index (κ3) is 5.19. The van der Waals surface area contributed by atoms with Gasteiger partial charge in [-0.2, -0.15) is 0 Å². The van der Waals surface area contributed by atoms with E-state index in [9.17, 15) is 18.8 Å². The number of rotatable bonds is 5. The van der Waals surface area contributed by atoms with Gasteiger partial charge in [-0.25, -0.2) is 4.39 Å². The maximum absolute atomic E-state index is 13.5. The molecule has 0 bridgehead atoms. The van der Waals surface area contributed by atoms with Crippen LogP contribution in [0.4, 0.5) is 10.1 Å². The van der Waals surface area contributed by atoms with Crippen molar-refractivity contribution in [3.63, 3.8) is 0 Å². The van der Waals surface area contributed by atoms with E-state index in [-0.39, 0.29) is 29.5 Å². The summed E-state index contributed by atoms with van der Waals surface area (Å²) >= 11 is 0. The zero-order chi connectivity index (χ0) is 21.1. The van der Waals surface area contributed by atoms with Gasteiger partial charge in [-0.3, -0.25) is 19.3 Å². The fourth-order valence-electron chi connectivity index (χ4n) is 3.46. The van der Waals surface area contributed by atoms with Crippen molar-refractivity contribution in [2.75, 3.05) is 44.7 Å². The molecule has 2 amide bonds. The lowest BCUT2D eigenvalue weighted by molar-refractivity contribution is -0.110. The van der Waals surface area contributed by atoms with Gasteiger partial charge in [0.05, 0.1) is 18.8 Å². The van der Waals surface area contributed by atoms with Crippen LogP contribution in [-0.4, -0.2) is 61.1 Å². The van der Waals surface area contributed by atoms with Crippen molar-refractivity contribution in [1.82, 2.24) is 15.2 Å². The van der Waals surface area contributed by atoms with Crippen molar-refractivity contribution < 1.29 is 18.7 Å². The molecule has 164 valence electrons. The number of fused-ring (bicyclic) bond motifs is 1. The number of aromatic nitrogens is 1. The Balaban J connectivity index is 0.00000272. The van der Waals surface area contributed by atoms with E-state index in [0.29, 0.717) is 43.2 Å². The topological polar surface area (TPSA) is 104 Å². The predicted octanol–water partition coefficient (Wildman–Crippen LogP) is 1.49. The Hall–Kier alpha value is -3.01. The predicted molar refractivity (Wildman–Crippen MR) is 117 cm³/mol. The number of aromatic amines is 1. The number of hydrogen-bond acceptors (Lipinski definition) is 5. The number of H-pyrrole nitrogens is 1. The first-order valence-corrected chi connectivity index (χ1v) is 9.66. The first kappa shape index (κ1) is 22.7. The molecule has 2 aromatic rings. The Morgan fingerprint density at radius 1 is 1.19 bits per heavy atom. The molecule has 0 spiro atoms. The molecule has 0 unspecified atom stereocenters. The largest absolute Gasteiger partial charge is 0.379 e. The Morgan fingerprint density at radius 2 is 1.97 bits per heavy atom. The third-order valence-electron chi connectivity index (χ3n) is 5.06. The van der Waals surface area contributed by atoms with E-state index in [1.807, 2.05) is 0 Å². The quantitative estimate of drug-likeness (QED) is 0.601. The summed E-state index contributed by atoms with van der Waals surface area (Å²) in [5.41, 5.74) is 0.930. The second-order valence-corrected chi connectivity index (χ2v) is 7.07. The van der Waals surface area contributed by atoms with Crippen molar-refractivity contribution in [3.05, 3.63) is 63.3 Å². The van der Waals surface area contributed by atoms with Gasteiger partial charge in [0.2, 0.25) is 0 Å². The van der Waals surface area contributed by atoms with E-state index >= 15 is 0 Å². The van der Waals surface area contributed by atoms with Crippen LogP contribution in [-0.2, 0) is 9.53 Å². The molecule has 10 heteroatoms. The average molecular weight is 449 g/mol. The van der Waals surface area contributed by atoms with Crippen LogP contribution < -0.4 is 16.2 Å². The summed E-state index contributed by atoms with van der Waals surface area (Å²) in [5, 5.41) is 5.39. The maximum Gasteiger partial charge on any atom is 0.261 e. The molecule has 1 fully saturated rings. The Kier molecular flexibility index (Phi) is 7.21. The van der Waals surface area contributed by atoms with Gasteiger partial charge in [0.1, 0.15) is 11.4 Å². The van der Waals surface area contributed by atoms with Crippen molar-refractivity contribution in [3.8, 4) is 0 Å². The van der Waals surface area contributed by atoms with Gasteiger partial charge in [0.25, 0.3) is 17.4 Å². The molecular formula is C21H22ClFN4O4. The van der Waals surface area contributed by atoms with Gasteiger partial charge in [0.15, 0.2) is 0 Å². The monoisotopic (exact) mass is 448 g/mol.